The standard InChI is InChI=1S/C11H15N3O2/c1-9-4-5-10(8-13-9)14-11(16)12-6-2-3-7-15/h4-5,7-8H,2-3,6H2,1H3,(H2,12,14,16). The van der Waals surface area contributed by atoms with Gasteiger partial charge in [0, 0.05) is 18.7 Å². The van der Waals surface area contributed by atoms with Crippen LogP contribution in [0.3, 0.4) is 0 Å². The Morgan fingerprint density at radius 2 is 2.31 bits per heavy atom. The summed E-state index contributed by atoms with van der Waals surface area (Å²) in [4.78, 5) is 25.4. The maximum atomic E-state index is 11.3. The smallest absolute Gasteiger partial charge is 0.319 e. The number of aromatic nitrogens is 1. The maximum Gasteiger partial charge on any atom is 0.319 e. The highest BCUT2D eigenvalue weighted by Crippen LogP contribution is 2.04. The molecule has 0 aliphatic heterocycles. The van der Waals surface area contributed by atoms with Gasteiger partial charge in [-0.05, 0) is 25.5 Å². The molecule has 0 aromatic carbocycles. The number of rotatable bonds is 5. The second-order valence-electron chi connectivity index (χ2n) is 3.38. The number of hydrogen-bond donors (Lipinski definition) is 2. The topological polar surface area (TPSA) is 71.1 Å². The lowest BCUT2D eigenvalue weighted by atomic mass is 10.3. The van der Waals surface area contributed by atoms with E-state index < -0.39 is 0 Å². The molecule has 1 aromatic heterocycles. The van der Waals surface area contributed by atoms with Crippen molar-refractivity contribution in [2.24, 2.45) is 0 Å². The summed E-state index contributed by atoms with van der Waals surface area (Å²) in [6.07, 6.45) is 3.55. The number of pyridine rings is 1. The molecule has 86 valence electrons. The Hall–Kier alpha value is -1.91. The van der Waals surface area contributed by atoms with Gasteiger partial charge in [-0.3, -0.25) is 4.98 Å². The number of nitrogens with one attached hydrogen (secondary N) is 2. The van der Waals surface area contributed by atoms with Crippen LogP contribution in [0.1, 0.15) is 18.5 Å². The number of aryl methyl sites for hydroxylation is 1. The summed E-state index contributed by atoms with van der Waals surface area (Å²) >= 11 is 0. The van der Waals surface area contributed by atoms with E-state index in [1.807, 2.05) is 13.0 Å². The first kappa shape index (κ1) is 12.2. The minimum Gasteiger partial charge on any atom is -0.338 e. The molecule has 1 heterocycles. The molecule has 1 rings (SSSR count). The molecule has 2 N–H and O–H groups in total. The van der Waals surface area contributed by atoms with Crippen molar-refractivity contribution in [3.05, 3.63) is 24.0 Å². The van der Waals surface area contributed by atoms with Gasteiger partial charge in [0.2, 0.25) is 0 Å². The highest BCUT2D eigenvalue weighted by atomic mass is 16.2. The van der Waals surface area contributed by atoms with Crippen LogP contribution in [0.2, 0.25) is 0 Å². The third-order valence-electron chi connectivity index (χ3n) is 1.95. The zero-order chi connectivity index (χ0) is 11.8. The van der Waals surface area contributed by atoms with Crippen LogP contribution in [0.4, 0.5) is 10.5 Å². The zero-order valence-electron chi connectivity index (χ0n) is 9.19. The van der Waals surface area contributed by atoms with Crippen LogP contribution in [0.5, 0.6) is 0 Å². The molecule has 0 spiro atoms. The fraction of sp³-hybridized carbons (Fsp3) is 0.364. The Morgan fingerprint density at radius 1 is 1.50 bits per heavy atom. The van der Waals surface area contributed by atoms with Crippen molar-refractivity contribution in [2.45, 2.75) is 19.8 Å². The van der Waals surface area contributed by atoms with E-state index >= 15 is 0 Å². The van der Waals surface area contributed by atoms with Crippen LogP contribution in [0.15, 0.2) is 18.3 Å². The second kappa shape index (κ2) is 6.55. The number of amides is 2. The van der Waals surface area contributed by atoms with Crippen molar-refractivity contribution < 1.29 is 9.59 Å². The van der Waals surface area contributed by atoms with Gasteiger partial charge in [0.15, 0.2) is 0 Å². The van der Waals surface area contributed by atoms with E-state index in [9.17, 15) is 9.59 Å². The molecule has 0 fully saturated rings. The van der Waals surface area contributed by atoms with Crippen molar-refractivity contribution in [1.29, 1.82) is 0 Å². The largest absolute Gasteiger partial charge is 0.338 e. The van der Waals surface area contributed by atoms with Crippen molar-refractivity contribution in [3.63, 3.8) is 0 Å². The number of nitrogens with zero attached hydrogens (tertiary/aromatic N) is 1. The Bertz CT molecular complexity index is 349. The summed E-state index contributed by atoms with van der Waals surface area (Å²) in [6.45, 7) is 2.37. The van der Waals surface area contributed by atoms with Crippen molar-refractivity contribution in [2.75, 3.05) is 11.9 Å². The van der Waals surface area contributed by atoms with Crippen molar-refractivity contribution >= 4 is 18.0 Å². The first-order valence-electron chi connectivity index (χ1n) is 5.13. The molecule has 5 heteroatoms. The van der Waals surface area contributed by atoms with Crippen LogP contribution < -0.4 is 10.6 Å². The predicted molar refractivity (Wildman–Crippen MR) is 61.3 cm³/mol. The lowest BCUT2D eigenvalue weighted by Gasteiger charge is -2.06. The molecule has 0 saturated heterocycles. The summed E-state index contributed by atoms with van der Waals surface area (Å²) in [7, 11) is 0. The average molecular weight is 221 g/mol. The molecule has 0 radical (unpaired) electrons. The monoisotopic (exact) mass is 221 g/mol. The van der Waals surface area contributed by atoms with Crippen molar-refractivity contribution in [3.8, 4) is 0 Å². The predicted octanol–water partition coefficient (Wildman–Crippen LogP) is 1.49. The van der Waals surface area contributed by atoms with Crippen LogP contribution >= 0.6 is 0 Å². The summed E-state index contributed by atoms with van der Waals surface area (Å²) in [6, 6.07) is 3.33. The maximum absolute atomic E-state index is 11.3. The molecule has 0 bridgehead atoms. The molecule has 0 aliphatic rings. The summed E-state index contributed by atoms with van der Waals surface area (Å²) in [5, 5.41) is 5.29. The van der Waals surface area contributed by atoms with Gasteiger partial charge in [0.1, 0.15) is 6.29 Å². The molecule has 0 aliphatic carbocycles. The fourth-order valence-electron chi connectivity index (χ4n) is 1.10. The van der Waals surface area contributed by atoms with Gasteiger partial charge < -0.3 is 15.4 Å². The second-order valence-corrected chi connectivity index (χ2v) is 3.38. The molecule has 0 unspecified atom stereocenters. The number of carbonyl (C=O) groups excluding carboxylic acids is 2. The molecule has 2 amide bonds. The Labute approximate surface area is 94.3 Å². The highest BCUT2D eigenvalue weighted by molar-refractivity contribution is 5.88. The Morgan fingerprint density at radius 3 is 2.94 bits per heavy atom. The van der Waals surface area contributed by atoms with E-state index in [1.165, 1.54) is 0 Å². The number of hydrogen-bond acceptors (Lipinski definition) is 3. The quantitative estimate of drug-likeness (QED) is 0.584. The molecule has 5 nitrogen and oxygen atoms in total. The SMILES string of the molecule is Cc1ccc(NC(=O)NCCCC=O)cn1. The minimum atomic E-state index is -0.281. The van der Waals surface area contributed by atoms with E-state index in [2.05, 4.69) is 15.6 Å². The third-order valence-corrected chi connectivity index (χ3v) is 1.95. The molecule has 0 atom stereocenters. The Balaban J connectivity index is 2.28. The zero-order valence-corrected chi connectivity index (χ0v) is 9.19. The van der Waals surface area contributed by atoms with Gasteiger partial charge >= 0.3 is 6.03 Å². The fourth-order valence-corrected chi connectivity index (χ4v) is 1.10. The van der Waals surface area contributed by atoms with Crippen LogP contribution in [0.25, 0.3) is 0 Å². The van der Waals surface area contributed by atoms with Gasteiger partial charge in [-0.15, -0.1) is 0 Å². The van der Waals surface area contributed by atoms with Gasteiger partial charge in [0.25, 0.3) is 0 Å². The minimum absolute atomic E-state index is 0.281. The van der Waals surface area contributed by atoms with Gasteiger partial charge in [-0.1, -0.05) is 0 Å². The van der Waals surface area contributed by atoms with Gasteiger partial charge in [0.05, 0.1) is 11.9 Å². The summed E-state index contributed by atoms with van der Waals surface area (Å²) in [5.41, 5.74) is 1.55. The van der Waals surface area contributed by atoms with E-state index in [0.717, 1.165) is 12.0 Å². The third kappa shape index (κ3) is 4.54. The Kier molecular flexibility index (Phi) is 4.98. The lowest BCUT2D eigenvalue weighted by Crippen LogP contribution is -2.29. The number of carbonyl (C=O) groups is 2. The van der Waals surface area contributed by atoms with Crippen molar-refractivity contribution in [1.82, 2.24) is 10.3 Å². The van der Waals surface area contributed by atoms with E-state index in [-0.39, 0.29) is 6.03 Å². The van der Waals surface area contributed by atoms with E-state index in [1.54, 1.807) is 12.3 Å². The first-order valence-corrected chi connectivity index (χ1v) is 5.13. The molecular formula is C11H15N3O2. The number of unbranched alkanes of at least 4 members (excludes halogenated alkanes) is 1. The van der Waals surface area contributed by atoms with Gasteiger partial charge in [-0.25, -0.2) is 4.79 Å². The first-order chi connectivity index (χ1) is 7.72. The molecule has 0 saturated carbocycles. The van der Waals surface area contributed by atoms with Crippen LogP contribution in [0, 0.1) is 6.92 Å². The molecular weight excluding hydrogens is 206 g/mol. The number of aldehydes is 1. The normalized spacial score (nSPS) is 9.56. The van der Waals surface area contributed by atoms with E-state index in [0.29, 0.717) is 25.1 Å². The molecule has 16 heavy (non-hydrogen) atoms. The molecule has 1 aromatic rings. The summed E-state index contributed by atoms with van der Waals surface area (Å²) in [5.74, 6) is 0. The van der Waals surface area contributed by atoms with Gasteiger partial charge in [-0.2, -0.15) is 0 Å². The van der Waals surface area contributed by atoms with E-state index in [4.69, 9.17) is 0 Å². The number of urea groups is 1. The average Bonchev–Trinajstić information content (AvgIpc) is 2.28. The highest BCUT2D eigenvalue weighted by Gasteiger charge is 2.00. The summed E-state index contributed by atoms with van der Waals surface area (Å²) < 4.78 is 0. The van der Waals surface area contributed by atoms with Crippen LogP contribution in [-0.2, 0) is 4.79 Å². The number of anilines is 1. The van der Waals surface area contributed by atoms with Crippen LogP contribution in [-0.4, -0.2) is 23.8 Å². The lowest BCUT2D eigenvalue weighted by molar-refractivity contribution is -0.107.